The minimum atomic E-state index is -2.87. The Morgan fingerprint density at radius 1 is 1.67 bits per heavy atom. The minimum absolute atomic E-state index is 0.144. The van der Waals surface area contributed by atoms with Crippen LogP contribution in [-0.4, -0.2) is 9.91 Å². The highest BCUT2D eigenvalue weighted by molar-refractivity contribution is 6.17. The third-order valence-corrected chi connectivity index (χ3v) is 1.95. The summed E-state index contributed by atoms with van der Waals surface area (Å²) in [6.07, 6.45) is -2.87. The molecule has 0 amide bonds. The summed E-state index contributed by atoms with van der Waals surface area (Å²) in [5, 5.41) is 10.4. The summed E-state index contributed by atoms with van der Waals surface area (Å²) in [6, 6.07) is 0.699. The van der Waals surface area contributed by atoms with Crippen molar-refractivity contribution in [1.29, 1.82) is 0 Å². The number of nitro groups is 1. The number of rotatable bonds is 3. The van der Waals surface area contributed by atoms with Gasteiger partial charge in [0, 0.05) is 11.6 Å². The zero-order valence-corrected chi connectivity index (χ0v) is 8.04. The SMILES string of the molecule is Nc1nc(CCl)c(C(F)F)cc1[N+](=O)[O-]. The largest absolute Gasteiger partial charge is 0.378 e. The molecular weight excluding hydrogens is 232 g/mol. The molecule has 0 radical (unpaired) electrons. The Bertz CT molecular complexity index is 400. The van der Waals surface area contributed by atoms with Gasteiger partial charge in [-0.25, -0.2) is 13.8 Å². The van der Waals surface area contributed by atoms with Gasteiger partial charge in [0.2, 0.25) is 5.82 Å². The highest BCUT2D eigenvalue weighted by Crippen LogP contribution is 2.29. The van der Waals surface area contributed by atoms with Gasteiger partial charge in [-0.1, -0.05) is 0 Å². The molecule has 0 aliphatic carbocycles. The van der Waals surface area contributed by atoms with Crippen molar-refractivity contribution in [2.45, 2.75) is 12.3 Å². The number of nitrogens with zero attached hydrogens (tertiary/aromatic N) is 2. The van der Waals surface area contributed by atoms with E-state index in [1.54, 1.807) is 0 Å². The molecule has 0 unspecified atom stereocenters. The molecule has 0 spiro atoms. The van der Waals surface area contributed by atoms with Gasteiger partial charge in [-0.3, -0.25) is 10.1 Å². The summed E-state index contributed by atoms with van der Waals surface area (Å²) in [5.41, 5.74) is 3.86. The Morgan fingerprint density at radius 2 is 2.27 bits per heavy atom. The van der Waals surface area contributed by atoms with Gasteiger partial charge >= 0.3 is 5.69 Å². The van der Waals surface area contributed by atoms with Crippen LogP contribution in [-0.2, 0) is 5.88 Å². The molecule has 15 heavy (non-hydrogen) atoms. The zero-order chi connectivity index (χ0) is 11.6. The number of nitrogens with two attached hydrogens (primary N) is 1. The van der Waals surface area contributed by atoms with Crippen LogP contribution in [0.1, 0.15) is 17.7 Å². The first-order valence-corrected chi connectivity index (χ1v) is 4.28. The van der Waals surface area contributed by atoms with Crippen molar-refractivity contribution in [3.8, 4) is 0 Å². The van der Waals surface area contributed by atoms with Crippen molar-refractivity contribution < 1.29 is 13.7 Å². The quantitative estimate of drug-likeness (QED) is 0.497. The van der Waals surface area contributed by atoms with Crippen molar-refractivity contribution in [2.24, 2.45) is 0 Å². The Morgan fingerprint density at radius 3 is 2.67 bits per heavy atom. The third-order valence-electron chi connectivity index (χ3n) is 1.70. The molecule has 0 fully saturated rings. The number of hydrogen-bond acceptors (Lipinski definition) is 4. The Kier molecular flexibility index (Phi) is 3.35. The Hall–Kier alpha value is -1.50. The fourth-order valence-corrected chi connectivity index (χ4v) is 1.23. The van der Waals surface area contributed by atoms with Gasteiger partial charge in [0.05, 0.1) is 16.5 Å². The number of pyridine rings is 1. The monoisotopic (exact) mass is 237 g/mol. The van der Waals surface area contributed by atoms with Crippen LogP contribution in [0, 0.1) is 10.1 Å². The van der Waals surface area contributed by atoms with Gasteiger partial charge in [-0.05, 0) is 0 Å². The van der Waals surface area contributed by atoms with Crippen LogP contribution >= 0.6 is 11.6 Å². The van der Waals surface area contributed by atoms with Gasteiger partial charge in [-0.2, -0.15) is 0 Å². The highest BCUT2D eigenvalue weighted by Gasteiger charge is 2.22. The maximum Gasteiger partial charge on any atom is 0.311 e. The molecule has 0 saturated carbocycles. The van der Waals surface area contributed by atoms with Crippen LogP contribution in [0.2, 0.25) is 0 Å². The van der Waals surface area contributed by atoms with Crippen molar-refractivity contribution in [3.63, 3.8) is 0 Å². The summed E-state index contributed by atoms with van der Waals surface area (Å²) in [6.45, 7) is 0. The molecule has 8 heteroatoms. The van der Waals surface area contributed by atoms with Crippen molar-refractivity contribution >= 4 is 23.1 Å². The molecule has 1 heterocycles. The number of hydrogen-bond donors (Lipinski definition) is 1. The van der Waals surface area contributed by atoms with Gasteiger partial charge in [0.25, 0.3) is 6.43 Å². The lowest BCUT2D eigenvalue weighted by molar-refractivity contribution is -0.384. The smallest absolute Gasteiger partial charge is 0.311 e. The lowest BCUT2D eigenvalue weighted by Crippen LogP contribution is -2.04. The summed E-state index contributed by atoms with van der Waals surface area (Å²) >= 11 is 5.36. The lowest BCUT2D eigenvalue weighted by Gasteiger charge is -2.06. The molecule has 0 aromatic carbocycles. The summed E-state index contributed by atoms with van der Waals surface area (Å²) in [5.74, 6) is -0.693. The van der Waals surface area contributed by atoms with E-state index in [1.165, 1.54) is 0 Å². The molecule has 1 aromatic rings. The molecule has 0 atom stereocenters. The van der Waals surface area contributed by atoms with E-state index in [4.69, 9.17) is 17.3 Å². The first kappa shape index (κ1) is 11.6. The average molecular weight is 238 g/mol. The highest BCUT2D eigenvalue weighted by atomic mass is 35.5. The van der Waals surface area contributed by atoms with Gasteiger partial charge in [0.1, 0.15) is 0 Å². The Balaban J connectivity index is 3.37. The standard InChI is InChI=1S/C7H6ClF2N3O2/c8-2-4-3(6(9)10)1-5(13(14)15)7(11)12-4/h1,6H,2H2,(H2,11,12). The predicted octanol–water partition coefficient (Wildman–Crippen LogP) is 2.25. The molecule has 1 rings (SSSR count). The second-order valence-electron chi connectivity index (χ2n) is 2.62. The van der Waals surface area contributed by atoms with Crippen LogP contribution in [0.4, 0.5) is 20.3 Å². The van der Waals surface area contributed by atoms with Gasteiger partial charge in [-0.15, -0.1) is 11.6 Å². The van der Waals surface area contributed by atoms with Crippen molar-refractivity contribution in [3.05, 3.63) is 27.4 Å². The normalized spacial score (nSPS) is 10.7. The fourth-order valence-electron chi connectivity index (χ4n) is 1.01. The lowest BCUT2D eigenvalue weighted by atomic mass is 10.2. The third kappa shape index (κ3) is 2.30. The first-order chi connectivity index (χ1) is 6.97. The molecule has 0 bridgehead atoms. The number of halogens is 3. The molecular formula is C7H6ClF2N3O2. The van der Waals surface area contributed by atoms with Crippen molar-refractivity contribution in [1.82, 2.24) is 4.98 Å². The molecule has 2 N–H and O–H groups in total. The van der Waals surface area contributed by atoms with Crippen LogP contribution in [0.25, 0.3) is 0 Å². The van der Waals surface area contributed by atoms with E-state index < -0.39 is 28.4 Å². The summed E-state index contributed by atoms with van der Waals surface area (Å²) in [7, 11) is 0. The average Bonchev–Trinajstić information content (AvgIpc) is 2.16. The van der Waals surface area contributed by atoms with E-state index in [0.717, 1.165) is 0 Å². The van der Waals surface area contributed by atoms with Crippen LogP contribution in [0.15, 0.2) is 6.07 Å². The number of aromatic nitrogens is 1. The van der Waals surface area contributed by atoms with Crippen LogP contribution in [0.5, 0.6) is 0 Å². The fraction of sp³-hybridized carbons (Fsp3) is 0.286. The second-order valence-corrected chi connectivity index (χ2v) is 2.89. The number of anilines is 1. The number of nitrogen functional groups attached to an aromatic ring is 1. The minimum Gasteiger partial charge on any atom is -0.378 e. The van der Waals surface area contributed by atoms with E-state index >= 15 is 0 Å². The first-order valence-electron chi connectivity index (χ1n) is 3.75. The van der Waals surface area contributed by atoms with E-state index in [1.807, 2.05) is 0 Å². The van der Waals surface area contributed by atoms with Crippen molar-refractivity contribution in [2.75, 3.05) is 5.73 Å². The van der Waals surface area contributed by atoms with Gasteiger partial charge < -0.3 is 5.73 Å². The van der Waals surface area contributed by atoms with Crippen LogP contribution in [0.3, 0.4) is 0 Å². The second kappa shape index (κ2) is 4.35. The topological polar surface area (TPSA) is 82.0 Å². The van der Waals surface area contributed by atoms with E-state index in [-0.39, 0.29) is 11.6 Å². The molecule has 82 valence electrons. The Labute approximate surface area is 88.0 Å². The summed E-state index contributed by atoms with van der Waals surface area (Å²) < 4.78 is 24.9. The van der Waals surface area contributed by atoms with Gasteiger partial charge in [0.15, 0.2) is 0 Å². The van der Waals surface area contributed by atoms with Crippen LogP contribution < -0.4 is 5.73 Å². The molecule has 0 saturated heterocycles. The summed E-state index contributed by atoms with van der Waals surface area (Å²) in [4.78, 5) is 13.0. The molecule has 0 aliphatic heterocycles. The van der Waals surface area contributed by atoms with E-state index in [9.17, 15) is 18.9 Å². The molecule has 5 nitrogen and oxygen atoms in total. The number of alkyl halides is 3. The van der Waals surface area contributed by atoms with E-state index in [2.05, 4.69) is 4.98 Å². The predicted molar refractivity (Wildman–Crippen MR) is 49.8 cm³/mol. The zero-order valence-electron chi connectivity index (χ0n) is 7.28. The van der Waals surface area contributed by atoms with E-state index in [0.29, 0.717) is 6.07 Å². The maximum absolute atomic E-state index is 12.4. The molecule has 1 aromatic heterocycles. The molecule has 0 aliphatic rings. The maximum atomic E-state index is 12.4.